The molecular formula is C22H23F4N3O3. The molecule has 172 valence electrons. The molecule has 6 rings (SSSR count). The summed E-state index contributed by atoms with van der Waals surface area (Å²) in [5.41, 5.74) is 1.66. The van der Waals surface area contributed by atoms with Gasteiger partial charge in [-0.1, -0.05) is 12.1 Å². The topological polar surface area (TPSA) is 65.4 Å². The largest absolute Gasteiger partial charge is 0.522 e. The Morgan fingerprint density at radius 3 is 2.62 bits per heavy atom. The van der Waals surface area contributed by atoms with Crippen molar-refractivity contribution >= 4 is 5.91 Å². The smallest absolute Gasteiger partial charge is 0.368 e. The third-order valence-electron chi connectivity index (χ3n) is 6.81. The lowest BCUT2D eigenvalue weighted by molar-refractivity contribution is -0.357. The highest BCUT2D eigenvalue weighted by Gasteiger charge is 2.69. The van der Waals surface area contributed by atoms with Gasteiger partial charge in [0, 0.05) is 30.1 Å². The number of aromatic nitrogens is 2. The van der Waals surface area contributed by atoms with Gasteiger partial charge in [-0.3, -0.25) is 9.53 Å². The number of aryl methyl sites for hydroxylation is 1. The molecule has 1 aromatic carbocycles. The number of hydrogen-bond acceptors (Lipinski definition) is 4. The molecule has 2 bridgehead atoms. The molecule has 1 heterocycles. The molecule has 6 nitrogen and oxygen atoms in total. The van der Waals surface area contributed by atoms with E-state index in [0.29, 0.717) is 11.3 Å². The molecule has 10 heteroatoms. The normalized spacial score (nSPS) is 30.8. The van der Waals surface area contributed by atoms with E-state index in [2.05, 4.69) is 15.0 Å². The highest BCUT2D eigenvalue weighted by Crippen LogP contribution is 2.65. The molecule has 1 amide bonds. The van der Waals surface area contributed by atoms with Gasteiger partial charge in [0.15, 0.2) is 0 Å². The lowest BCUT2D eigenvalue weighted by atomic mass is 9.44. The maximum Gasteiger partial charge on any atom is 0.522 e. The molecule has 1 N–H and O–H groups in total. The predicted octanol–water partition coefficient (Wildman–Crippen LogP) is 3.83. The quantitative estimate of drug-likeness (QED) is 0.648. The number of hydrogen-bond donors (Lipinski definition) is 1. The number of nitrogens with zero attached hydrogens (tertiary/aromatic N) is 2. The molecule has 4 aliphatic rings. The number of ether oxygens (including phenoxy) is 2. The number of amides is 1. The molecule has 0 radical (unpaired) electrons. The van der Waals surface area contributed by atoms with Gasteiger partial charge in [0.25, 0.3) is 0 Å². The zero-order valence-electron chi connectivity index (χ0n) is 17.4. The fourth-order valence-corrected chi connectivity index (χ4v) is 5.09. The molecule has 1 aromatic heterocycles. The van der Waals surface area contributed by atoms with Gasteiger partial charge in [0.05, 0.1) is 29.8 Å². The summed E-state index contributed by atoms with van der Waals surface area (Å²) in [6.07, 6.45) is 0.327. The van der Waals surface area contributed by atoms with Crippen LogP contribution in [0.5, 0.6) is 0 Å². The van der Waals surface area contributed by atoms with Gasteiger partial charge in [-0.05, 0) is 37.8 Å². The molecule has 4 fully saturated rings. The average Bonchev–Trinajstić information content (AvgIpc) is 3.10. The summed E-state index contributed by atoms with van der Waals surface area (Å²) in [5, 5.41) is 3.00. The van der Waals surface area contributed by atoms with E-state index in [4.69, 9.17) is 4.74 Å². The summed E-state index contributed by atoms with van der Waals surface area (Å²) in [7, 11) is 0. The summed E-state index contributed by atoms with van der Waals surface area (Å²) in [6.45, 7) is 1.54. The van der Waals surface area contributed by atoms with Crippen molar-refractivity contribution in [2.24, 2.45) is 0 Å². The fraction of sp³-hybridized carbons (Fsp3) is 0.545. The third kappa shape index (κ3) is 3.90. The van der Waals surface area contributed by atoms with Gasteiger partial charge in [0.2, 0.25) is 5.91 Å². The van der Waals surface area contributed by atoms with Crippen LogP contribution in [0, 0.1) is 12.7 Å². The minimum Gasteiger partial charge on any atom is -0.368 e. The Hall–Kier alpha value is -2.46. The Morgan fingerprint density at radius 1 is 1.25 bits per heavy atom. The minimum atomic E-state index is -4.64. The van der Waals surface area contributed by atoms with Gasteiger partial charge in [0.1, 0.15) is 12.4 Å². The summed E-state index contributed by atoms with van der Waals surface area (Å²) < 4.78 is 61.6. The van der Waals surface area contributed by atoms with Crippen LogP contribution in [0.3, 0.4) is 0 Å². The number of carbonyl (C=O) groups excluding carboxylic acids is 1. The lowest BCUT2D eigenvalue weighted by Crippen LogP contribution is -2.78. The van der Waals surface area contributed by atoms with E-state index >= 15 is 0 Å². The van der Waals surface area contributed by atoms with E-state index in [1.807, 2.05) is 16.8 Å². The van der Waals surface area contributed by atoms with Crippen molar-refractivity contribution in [1.82, 2.24) is 14.9 Å². The Morgan fingerprint density at radius 2 is 1.97 bits per heavy atom. The Kier molecular flexibility index (Phi) is 4.86. The highest BCUT2D eigenvalue weighted by molar-refractivity contribution is 5.79. The van der Waals surface area contributed by atoms with Gasteiger partial charge in [-0.25, -0.2) is 9.37 Å². The molecule has 0 unspecified atom stereocenters. The first-order valence-corrected chi connectivity index (χ1v) is 10.5. The zero-order valence-corrected chi connectivity index (χ0v) is 17.4. The van der Waals surface area contributed by atoms with Crippen LogP contribution in [0.25, 0.3) is 11.3 Å². The molecule has 0 aliphatic heterocycles. The van der Waals surface area contributed by atoms with Gasteiger partial charge in [-0.15, -0.1) is 13.2 Å². The van der Waals surface area contributed by atoms with Crippen LogP contribution in [-0.4, -0.2) is 46.2 Å². The van der Waals surface area contributed by atoms with Crippen LogP contribution in [-0.2, 0) is 19.8 Å². The molecule has 2 aromatic rings. The van der Waals surface area contributed by atoms with E-state index in [1.54, 1.807) is 19.3 Å². The SMILES string of the molecule is Cc1ccc(-c2cn(C34CC(NC(=O)CO[C@H]5C[C@@H](OC(F)(F)F)C5)(C3)C4)cn2)cc1F. The maximum absolute atomic E-state index is 13.8. The third-order valence-corrected chi connectivity index (χ3v) is 6.81. The Balaban J connectivity index is 1.08. The monoisotopic (exact) mass is 453 g/mol. The number of rotatable bonds is 7. The fourth-order valence-electron chi connectivity index (χ4n) is 5.09. The van der Waals surface area contributed by atoms with E-state index in [1.165, 1.54) is 6.07 Å². The first-order valence-electron chi connectivity index (χ1n) is 10.5. The van der Waals surface area contributed by atoms with Crippen LogP contribution in [0.2, 0.25) is 0 Å². The van der Waals surface area contributed by atoms with Crippen molar-refractivity contribution in [1.29, 1.82) is 0 Å². The standard InChI is InChI=1S/C22H23F4N3O3/c1-13-2-3-14(4-17(13)23)18-7-29(12-27-18)21-9-20(10-21,11-21)28-19(30)8-31-15-5-16(6-15)32-22(24,25)26/h2-4,7,12,15-16H,5-6,8-11H2,1H3,(H,28,30)/t15-,16+,20?,21?. The van der Waals surface area contributed by atoms with Crippen molar-refractivity contribution in [2.75, 3.05) is 6.61 Å². The van der Waals surface area contributed by atoms with Gasteiger partial charge in [-0.2, -0.15) is 0 Å². The number of halogens is 4. The highest BCUT2D eigenvalue weighted by atomic mass is 19.4. The number of carbonyl (C=O) groups is 1. The van der Waals surface area contributed by atoms with Crippen molar-refractivity contribution < 1.29 is 31.8 Å². The van der Waals surface area contributed by atoms with Crippen LogP contribution in [0.4, 0.5) is 17.6 Å². The van der Waals surface area contributed by atoms with E-state index in [9.17, 15) is 22.4 Å². The van der Waals surface area contributed by atoms with Crippen LogP contribution in [0.15, 0.2) is 30.7 Å². The number of alkyl halides is 3. The van der Waals surface area contributed by atoms with E-state index < -0.39 is 12.5 Å². The molecular weight excluding hydrogens is 430 g/mol. The van der Waals surface area contributed by atoms with E-state index in [0.717, 1.165) is 24.8 Å². The van der Waals surface area contributed by atoms with Gasteiger partial charge < -0.3 is 14.6 Å². The van der Waals surface area contributed by atoms with Gasteiger partial charge >= 0.3 is 6.36 Å². The summed E-state index contributed by atoms with van der Waals surface area (Å²) in [5.74, 6) is -0.531. The van der Waals surface area contributed by atoms with Crippen LogP contribution < -0.4 is 5.32 Å². The maximum atomic E-state index is 13.8. The second-order valence-corrected chi connectivity index (χ2v) is 9.30. The van der Waals surface area contributed by atoms with Crippen molar-refractivity contribution in [3.05, 3.63) is 42.1 Å². The second-order valence-electron chi connectivity index (χ2n) is 9.30. The van der Waals surface area contributed by atoms with Crippen molar-refractivity contribution in [3.63, 3.8) is 0 Å². The molecule has 4 aliphatic carbocycles. The minimum absolute atomic E-state index is 0.0846. The van der Waals surface area contributed by atoms with E-state index in [-0.39, 0.29) is 48.4 Å². The first kappa shape index (κ1) is 21.4. The number of imidazole rings is 1. The first-order chi connectivity index (χ1) is 15.0. The molecule has 0 spiro atoms. The molecule has 0 saturated heterocycles. The summed E-state index contributed by atoms with van der Waals surface area (Å²) in [6, 6.07) is 5.05. The Labute approximate surface area is 181 Å². The molecule has 4 saturated carbocycles. The van der Waals surface area contributed by atoms with Crippen LogP contribution >= 0.6 is 0 Å². The summed E-state index contributed by atoms with van der Waals surface area (Å²) >= 11 is 0. The lowest BCUT2D eigenvalue weighted by Gasteiger charge is -2.70. The summed E-state index contributed by atoms with van der Waals surface area (Å²) in [4.78, 5) is 16.6. The zero-order chi connectivity index (χ0) is 22.7. The predicted molar refractivity (Wildman–Crippen MR) is 105 cm³/mol. The van der Waals surface area contributed by atoms with Crippen molar-refractivity contribution in [2.45, 2.75) is 68.7 Å². The van der Waals surface area contributed by atoms with Crippen molar-refractivity contribution in [3.8, 4) is 11.3 Å². The average molecular weight is 453 g/mol. The number of nitrogens with one attached hydrogen (secondary N) is 1. The Bertz CT molecular complexity index is 1030. The second kappa shape index (κ2) is 7.28. The van der Waals surface area contributed by atoms with Crippen LogP contribution in [0.1, 0.15) is 37.7 Å². The molecule has 0 atom stereocenters. The molecule has 32 heavy (non-hydrogen) atoms. The number of benzene rings is 1.